The van der Waals surface area contributed by atoms with Gasteiger partial charge in [0.1, 0.15) is 5.82 Å². The van der Waals surface area contributed by atoms with Gasteiger partial charge in [-0.1, -0.05) is 15.9 Å². The van der Waals surface area contributed by atoms with Crippen LogP contribution in [-0.4, -0.2) is 20.0 Å². The number of phenols is 2. The lowest BCUT2D eigenvalue weighted by Crippen LogP contribution is -1.96. The molecule has 0 saturated carbocycles. The van der Waals surface area contributed by atoms with Gasteiger partial charge in [0.05, 0.1) is 5.69 Å². The number of aromatic nitrogens is 2. The van der Waals surface area contributed by atoms with Crippen LogP contribution in [0.25, 0.3) is 11.3 Å². The Kier molecular flexibility index (Phi) is 2.51. The van der Waals surface area contributed by atoms with Crippen LogP contribution >= 0.6 is 15.9 Å². The van der Waals surface area contributed by atoms with Gasteiger partial charge in [-0.2, -0.15) is 5.10 Å². The fourth-order valence-corrected chi connectivity index (χ4v) is 1.84. The average Bonchev–Trinajstić information content (AvgIpc) is 2.53. The van der Waals surface area contributed by atoms with Crippen LogP contribution in [-0.2, 0) is 7.05 Å². The number of halogens is 1. The molecular weight excluding hydrogens is 274 g/mol. The molecule has 0 fully saturated rings. The minimum Gasteiger partial charge on any atom is -0.504 e. The fraction of sp³-hybridized carbons (Fsp3) is 0.100. The normalized spacial score (nSPS) is 10.6. The second kappa shape index (κ2) is 3.71. The molecule has 0 aliphatic rings. The van der Waals surface area contributed by atoms with Gasteiger partial charge in [-0.25, -0.2) is 0 Å². The van der Waals surface area contributed by atoms with E-state index in [1.807, 2.05) is 0 Å². The molecule has 0 bridgehead atoms. The molecule has 0 aliphatic carbocycles. The lowest BCUT2D eigenvalue weighted by molar-refractivity contribution is 0.404. The predicted molar refractivity (Wildman–Crippen MR) is 64.1 cm³/mol. The van der Waals surface area contributed by atoms with E-state index >= 15 is 0 Å². The summed E-state index contributed by atoms with van der Waals surface area (Å²) in [5.41, 5.74) is 6.59. The van der Waals surface area contributed by atoms with Gasteiger partial charge in [-0.3, -0.25) is 4.68 Å². The lowest BCUT2D eigenvalue weighted by Gasteiger charge is -2.04. The molecule has 0 atom stereocenters. The molecule has 4 N–H and O–H groups in total. The molecule has 6 heteroatoms. The van der Waals surface area contributed by atoms with E-state index < -0.39 is 0 Å². The highest BCUT2D eigenvalue weighted by Crippen LogP contribution is 2.38. The largest absolute Gasteiger partial charge is 0.504 e. The number of aromatic hydroxyl groups is 2. The van der Waals surface area contributed by atoms with Crippen LogP contribution in [0.4, 0.5) is 5.82 Å². The highest BCUT2D eigenvalue weighted by molar-refractivity contribution is 9.10. The van der Waals surface area contributed by atoms with Crippen molar-refractivity contribution in [1.29, 1.82) is 0 Å². The summed E-state index contributed by atoms with van der Waals surface area (Å²) in [4.78, 5) is 0. The van der Waals surface area contributed by atoms with Crippen LogP contribution in [0.1, 0.15) is 0 Å². The van der Waals surface area contributed by atoms with Crippen molar-refractivity contribution in [2.75, 3.05) is 5.73 Å². The molecule has 0 spiro atoms. The molecule has 2 aromatic rings. The van der Waals surface area contributed by atoms with E-state index in [9.17, 15) is 10.2 Å². The zero-order valence-electron chi connectivity index (χ0n) is 8.48. The van der Waals surface area contributed by atoms with E-state index in [0.29, 0.717) is 21.5 Å². The van der Waals surface area contributed by atoms with E-state index in [4.69, 9.17) is 5.73 Å². The molecular formula is C10H10BrN3O2. The van der Waals surface area contributed by atoms with Crippen LogP contribution in [0.5, 0.6) is 11.5 Å². The summed E-state index contributed by atoms with van der Waals surface area (Å²) < 4.78 is 2.15. The average molecular weight is 284 g/mol. The zero-order chi connectivity index (χ0) is 11.9. The molecule has 1 aromatic heterocycles. The SMILES string of the molecule is Cn1nc(-c2cc(Br)cc(O)c2O)cc1N. The Hall–Kier alpha value is -1.69. The van der Waals surface area contributed by atoms with Crippen LogP contribution < -0.4 is 5.73 Å². The standard InChI is InChI=1S/C10H10BrN3O2/c1-14-9(12)4-7(13-14)6-2-5(11)3-8(15)10(6)16/h2-4,15-16H,12H2,1H3. The minimum atomic E-state index is -0.207. The summed E-state index contributed by atoms with van der Waals surface area (Å²) in [6, 6.07) is 4.70. The second-order valence-corrected chi connectivity index (χ2v) is 4.31. The first-order valence-electron chi connectivity index (χ1n) is 4.50. The van der Waals surface area contributed by atoms with Gasteiger partial charge in [0.2, 0.25) is 0 Å². The molecule has 1 heterocycles. The maximum Gasteiger partial charge on any atom is 0.167 e. The highest BCUT2D eigenvalue weighted by atomic mass is 79.9. The number of nitrogens with zero attached hydrogens (tertiary/aromatic N) is 2. The van der Waals surface area contributed by atoms with Crippen molar-refractivity contribution >= 4 is 21.7 Å². The summed E-state index contributed by atoms with van der Waals surface area (Å²) >= 11 is 3.23. The second-order valence-electron chi connectivity index (χ2n) is 3.40. The van der Waals surface area contributed by atoms with Crippen molar-refractivity contribution in [3.63, 3.8) is 0 Å². The molecule has 0 amide bonds. The van der Waals surface area contributed by atoms with Crippen molar-refractivity contribution in [3.05, 3.63) is 22.7 Å². The van der Waals surface area contributed by atoms with Gasteiger partial charge in [0.15, 0.2) is 11.5 Å². The Balaban J connectivity index is 2.63. The monoisotopic (exact) mass is 283 g/mol. The van der Waals surface area contributed by atoms with Crippen molar-refractivity contribution < 1.29 is 10.2 Å². The number of hydrogen-bond donors (Lipinski definition) is 3. The Labute approximate surface area is 100 Å². The Bertz CT molecular complexity index is 532. The molecule has 16 heavy (non-hydrogen) atoms. The zero-order valence-corrected chi connectivity index (χ0v) is 10.1. The summed E-state index contributed by atoms with van der Waals surface area (Å²) in [5, 5.41) is 23.3. The first-order valence-corrected chi connectivity index (χ1v) is 5.29. The maximum atomic E-state index is 9.71. The molecule has 0 unspecified atom stereocenters. The Morgan fingerprint density at radius 2 is 2.00 bits per heavy atom. The summed E-state index contributed by atoms with van der Waals surface area (Å²) in [6.07, 6.45) is 0. The van der Waals surface area contributed by atoms with E-state index in [2.05, 4.69) is 21.0 Å². The third-order valence-electron chi connectivity index (χ3n) is 2.25. The molecule has 1 aromatic carbocycles. The quantitative estimate of drug-likeness (QED) is 0.698. The van der Waals surface area contributed by atoms with Gasteiger partial charge in [0.25, 0.3) is 0 Å². The van der Waals surface area contributed by atoms with Gasteiger partial charge < -0.3 is 15.9 Å². The van der Waals surface area contributed by atoms with Gasteiger partial charge in [-0.15, -0.1) is 0 Å². The van der Waals surface area contributed by atoms with Crippen molar-refractivity contribution in [2.45, 2.75) is 0 Å². The smallest absolute Gasteiger partial charge is 0.167 e. The number of anilines is 1. The number of hydrogen-bond acceptors (Lipinski definition) is 4. The summed E-state index contributed by atoms with van der Waals surface area (Å²) in [5.74, 6) is 0.0729. The highest BCUT2D eigenvalue weighted by Gasteiger charge is 2.13. The van der Waals surface area contributed by atoms with E-state index in [0.717, 1.165) is 0 Å². The summed E-state index contributed by atoms with van der Waals surface area (Å²) in [7, 11) is 1.70. The first-order chi connectivity index (χ1) is 7.49. The Morgan fingerprint density at radius 1 is 1.31 bits per heavy atom. The van der Waals surface area contributed by atoms with E-state index in [-0.39, 0.29) is 11.5 Å². The van der Waals surface area contributed by atoms with E-state index in [1.54, 1.807) is 19.2 Å². The van der Waals surface area contributed by atoms with Crippen LogP contribution in [0.2, 0.25) is 0 Å². The van der Waals surface area contributed by atoms with E-state index in [1.165, 1.54) is 10.7 Å². The van der Waals surface area contributed by atoms with Crippen molar-refractivity contribution in [3.8, 4) is 22.8 Å². The fourth-order valence-electron chi connectivity index (χ4n) is 1.39. The molecule has 84 valence electrons. The number of phenolic OH excluding ortho intramolecular Hbond substituents is 2. The van der Waals surface area contributed by atoms with Crippen LogP contribution in [0.3, 0.4) is 0 Å². The van der Waals surface area contributed by atoms with Crippen LogP contribution in [0.15, 0.2) is 22.7 Å². The van der Waals surface area contributed by atoms with Crippen LogP contribution in [0, 0.1) is 0 Å². The predicted octanol–water partition coefficient (Wildman–Crippen LogP) is 1.84. The topological polar surface area (TPSA) is 84.3 Å². The number of nitrogen functional groups attached to an aromatic ring is 1. The van der Waals surface area contributed by atoms with Crippen molar-refractivity contribution in [2.24, 2.45) is 7.05 Å². The Morgan fingerprint density at radius 3 is 2.56 bits per heavy atom. The molecule has 2 rings (SSSR count). The first kappa shape index (κ1) is 10.8. The maximum absolute atomic E-state index is 9.71. The summed E-state index contributed by atoms with van der Waals surface area (Å²) in [6.45, 7) is 0. The number of benzene rings is 1. The van der Waals surface area contributed by atoms with Gasteiger partial charge >= 0.3 is 0 Å². The molecule has 5 nitrogen and oxygen atoms in total. The van der Waals surface area contributed by atoms with Gasteiger partial charge in [0, 0.05) is 23.2 Å². The third-order valence-corrected chi connectivity index (χ3v) is 2.70. The molecule has 0 saturated heterocycles. The molecule has 0 aliphatic heterocycles. The number of rotatable bonds is 1. The van der Waals surface area contributed by atoms with Crippen molar-refractivity contribution in [1.82, 2.24) is 9.78 Å². The number of nitrogens with two attached hydrogens (primary N) is 1. The third kappa shape index (κ3) is 1.71. The van der Waals surface area contributed by atoms with Gasteiger partial charge in [-0.05, 0) is 12.1 Å². The number of aryl methyl sites for hydroxylation is 1. The lowest BCUT2D eigenvalue weighted by atomic mass is 10.1. The minimum absolute atomic E-state index is 0.200. The molecule has 0 radical (unpaired) electrons.